The van der Waals surface area contributed by atoms with Crippen molar-refractivity contribution in [2.45, 2.75) is 40.0 Å². The van der Waals surface area contributed by atoms with Crippen LogP contribution in [0.1, 0.15) is 41.5 Å². The third-order valence-corrected chi connectivity index (χ3v) is 3.68. The Bertz CT molecular complexity index is 246. The standard InChI is InChI=1S/C13H26N2O2.H2/c1-13(2,3)11-5-8-15(9-6-11)7-4-10-17-12(14)16;/h11H,4-10H2,1-3H3,(H2,14,16);1H. The molecule has 1 fully saturated rings. The van der Waals surface area contributed by atoms with Gasteiger partial charge in [-0.2, -0.15) is 0 Å². The van der Waals surface area contributed by atoms with E-state index in [1.807, 2.05) is 0 Å². The first-order chi connectivity index (χ1) is 7.89. The highest BCUT2D eigenvalue weighted by Gasteiger charge is 2.28. The molecular formula is C13H28N2O2. The molecule has 4 nitrogen and oxygen atoms in total. The Balaban J connectivity index is 0.00000289. The molecule has 1 rings (SSSR count). The van der Waals surface area contributed by atoms with Gasteiger partial charge in [-0.3, -0.25) is 0 Å². The van der Waals surface area contributed by atoms with Crippen LogP contribution in [0.25, 0.3) is 0 Å². The van der Waals surface area contributed by atoms with Crippen molar-refractivity contribution < 1.29 is 11.0 Å². The zero-order valence-corrected chi connectivity index (χ0v) is 11.4. The maximum Gasteiger partial charge on any atom is 0.404 e. The second-order valence-corrected chi connectivity index (χ2v) is 6.00. The molecule has 0 saturated carbocycles. The van der Waals surface area contributed by atoms with Crippen LogP contribution in [0.5, 0.6) is 0 Å². The van der Waals surface area contributed by atoms with Crippen LogP contribution >= 0.6 is 0 Å². The lowest BCUT2D eigenvalue weighted by atomic mass is 9.75. The molecule has 1 amide bonds. The highest BCUT2D eigenvalue weighted by Crippen LogP contribution is 2.34. The number of hydrogen-bond acceptors (Lipinski definition) is 3. The van der Waals surface area contributed by atoms with Gasteiger partial charge >= 0.3 is 6.09 Å². The van der Waals surface area contributed by atoms with Crippen molar-refractivity contribution in [2.75, 3.05) is 26.2 Å². The summed E-state index contributed by atoms with van der Waals surface area (Å²) in [5.74, 6) is 0.834. The fraction of sp³-hybridized carbons (Fsp3) is 0.923. The number of carbonyl (C=O) groups is 1. The van der Waals surface area contributed by atoms with Gasteiger partial charge in [0.1, 0.15) is 0 Å². The number of nitrogens with two attached hydrogens (primary N) is 1. The van der Waals surface area contributed by atoms with Gasteiger partial charge in [0.25, 0.3) is 0 Å². The Morgan fingerprint density at radius 3 is 2.47 bits per heavy atom. The SMILES string of the molecule is CC(C)(C)C1CCN(CCCOC(N)=O)CC1.[HH]. The van der Waals surface area contributed by atoms with Gasteiger partial charge in [-0.1, -0.05) is 20.8 Å². The molecule has 1 aliphatic heterocycles. The number of nitrogens with zero attached hydrogens (tertiary/aromatic N) is 1. The average molecular weight is 244 g/mol. The maximum atomic E-state index is 10.4. The molecule has 4 heteroatoms. The lowest BCUT2D eigenvalue weighted by Gasteiger charge is -2.38. The number of rotatable bonds is 4. The van der Waals surface area contributed by atoms with Crippen molar-refractivity contribution >= 4 is 6.09 Å². The van der Waals surface area contributed by atoms with E-state index in [0.717, 1.165) is 18.9 Å². The molecule has 0 aromatic rings. The van der Waals surface area contributed by atoms with Gasteiger partial charge in [-0.15, -0.1) is 0 Å². The first-order valence-corrected chi connectivity index (χ1v) is 6.54. The lowest BCUT2D eigenvalue weighted by molar-refractivity contribution is 0.102. The Labute approximate surface area is 106 Å². The molecule has 1 aliphatic rings. The van der Waals surface area contributed by atoms with E-state index in [9.17, 15) is 4.79 Å². The first-order valence-electron chi connectivity index (χ1n) is 6.54. The number of amides is 1. The summed E-state index contributed by atoms with van der Waals surface area (Å²) in [6.45, 7) is 10.8. The summed E-state index contributed by atoms with van der Waals surface area (Å²) < 4.78 is 4.72. The van der Waals surface area contributed by atoms with Crippen molar-refractivity contribution in [3.63, 3.8) is 0 Å². The number of ether oxygens (including phenoxy) is 1. The molecule has 1 saturated heterocycles. The summed E-state index contributed by atoms with van der Waals surface area (Å²) in [5, 5.41) is 0. The van der Waals surface area contributed by atoms with Crippen LogP contribution in [-0.4, -0.2) is 37.2 Å². The predicted octanol–water partition coefficient (Wildman–Crippen LogP) is 2.48. The molecule has 102 valence electrons. The minimum absolute atomic E-state index is 0. The minimum atomic E-state index is -0.670. The second-order valence-electron chi connectivity index (χ2n) is 6.00. The highest BCUT2D eigenvalue weighted by molar-refractivity contribution is 5.64. The topological polar surface area (TPSA) is 55.6 Å². The van der Waals surface area contributed by atoms with Gasteiger partial charge in [0, 0.05) is 7.97 Å². The van der Waals surface area contributed by atoms with Gasteiger partial charge in [-0.25, -0.2) is 4.79 Å². The number of carbonyl (C=O) groups excluding carboxylic acids is 1. The molecule has 0 aromatic carbocycles. The van der Waals surface area contributed by atoms with Gasteiger partial charge in [0.05, 0.1) is 6.61 Å². The van der Waals surface area contributed by atoms with E-state index in [2.05, 4.69) is 25.7 Å². The van der Waals surface area contributed by atoms with E-state index in [1.165, 1.54) is 25.9 Å². The van der Waals surface area contributed by atoms with Crippen molar-refractivity contribution in [2.24, 2.45) is 17.1 Å². The van der Waals surface area contributed by atoms with Crippen LogP contribution in [0.3, 0.4) is 0 Å². The van der Waals surface area contributed by atoms with Crippen molar-refractivity contribution in [1.82, 2.24) is 4.90 Å². The first kappa shape index (κ1) is 14.3. The fourth-order valence-electron chi connectivity index (χ4n) is 2.48. The summed E-state index contributed by atoms with van der Waals surface area (Å²) in [6.07, 6.45) is 2.76. The Morgan fingerprint density at radius 2 is 2.00 bits per heavy atom. The molecular weight excluding hydrogens is 216 g/mol. The zero-order chi connectivity index (χ0) is 12.9. The van der Waals surface area contributed by atoms with Gasteiger partial charge in [0.2, 0.25) is 0 Å². The summed E-state index contributed by atoms with van der Waals surface area (Å²) in [5.41, 5.74) is 5.33. The molecule has 0 radical (unpaired) electrons. The van der Waals surface area contributed by atoms with E-state index in [0.29, 0.717) is 12.0 Å². The van der Waals surface area contributed by atoms with Crippen LogP contribution in [0.4, 0.5) is 4.79 Å². The average Bonchev–Trinajstić information content (AvgIpc) is 2.23. The number of likely N-dealkylation sites (tertiary alicyclic amines) is 1. The van der Waals surface area contributed by atoms with Crippen molar-refractivity contribution in [3.05, 3.63) is 0 Å². The Morgan fingerprint density at radius 1 is 1.41 bits per heavy atom. The second kappa shape index (κ2) is 6.24. The summed E-state index contributed by atoms with van der Waals surface area (Å²) in [7, 11) is 0. The maximum absolute atomic E-state index is 10.4. The van der Waals surface area contributed by atoms with Crippen molar-refractivity contribution in [1.29, 1.82) is 0 Å². The zero-order valence-electron chi connectivity index (χ0n) is 11.4. The smallest absolute Gasteiger partial charge is 0.404 e. The van der Waals surface area contributed by atoms with Crippen LogP contribution in [0.2, 0.25) is 0 Å². The molecule has 17 heavy (non-hydrogen) atoms. The van der Waals surface area contributed by atoms with E-state index < -0.39 is 6.09 Å². The van der Waals surface area contributed by atoms with Crippen LogP contribution < -0.4 is 5.73 Å². The molecule has 0 aliphatic carbocycles. The van der Waals surface area contributed by atoms with Gasteiger partial charge in [-0.05, 0) is 43.7 Å². The molecule has 2 N–H and O–H groups in total. The van der Waals surface area contributed by atoms with Gasteiger partial charge in [0.15, 0.2) is 0 Å². The summed E-state index contributed by atoms with van der Waals surface area (Å²) >= 11 is 0. The van der Waals surface area contributed by atoms with Crippen LogP contribution in [-0.2, 0) is 4.74 Å². The summed E-state index contributed by atoms with van der Waals surface area (Å²) in [6, 6.07) is 0. The lowest BCUT2D eigenvalue weighted by Crippen LogP contribution is -2.38. The number of piperidine rings is 1. The largest absolute Gasteiger partial charge is 0.450 e. The Hall–Kier alpha value is -0.770. The Kier molecular flexibility index (Phi) is 5.25. The van der Waals surface area contributed by atoms with Crippen molar-refractivity contribution in [3.8, 4) is 0 Å². The normalized spacial score (nSPS) is 19.2. The monoisotopic (exact) mass is 244 g/mol. The quantitative estimate of drug-likeness (QED) is 0.773. The molecule has 0 atom stereocenters. The van der Waals surface area contributed by atoms with Crippen LogP contribution in [0, 0.1) is 11.3 Å². The van der Waals surface area contributed by atoms with E-state index in [1.54, 1.807) is 0 Å². The predicted molar refractivity (Wildman–Crippen MR) is 70.9 cm³/mol. The minimum Gasteiger partial charge on any atom is -0.450 e. The molecule has 0 bridgehead atoms. The highest BCUT2D eigenvalue weighted by atomic mass is 16.5. The number of primary amides is 1. The molecule has 1 heterocycles. The van der Waals surface area contributed by atoms with Gasteiger partial charge < -0.3 is 15.4 Å². The number of hydrogen-bond donors (Lipinski definition) is 1. The van der Waals surface area contributed by atoms with E-state index >= 15 is 0 Å². The molecule has 0 unspecified atom stereocenters. The van der Waals surface area contributed by atoms with E-state index in [-0.39, 0.29) is 1.43 Å². The fourth-order valence-corrected chi connectivity index (χ4v) is 2.48. The summed E-state index contributed by atoms with van der Waals surface area (Å²) in [4.78, 5) is 12.8. The third kappa shape index (κ3) is 5.39. The molecule has 0 spiro atoms. The van der Waals surface area contributed by atoms with Crippen LogP contribution in [0.15, 0.2) is 0 Å². The molecule has 0 aromatic heterocycles. The van der Waals surface area contributed by atoms with E-state index in [4.69, 9.17) is 10.5 Å². The third-order valence-electron chi connectivity index (χ3n) is 3.68.